The van der Waals surface area contributed by atoms with Crippen LogP contribution in [0.25, 0.3) is 0 Å². The van der Waals surface area contributed by atoms with Gasteiger partial charge in [0.05, 0.1) is 7.11 Å². The highest BCUT2D eigenvalue weighted by Gasteiger charge is 2.22. The molecule has 0 saturated carbocycles. The molecule has 0 fully saturated rings. The number of ether oxygens (including phenoxy) is 1. The van der Waals surface area contributed by atoms with Gasteiger partial charge in [-0.3, -0.25) is 0 Å². The Bertz CT molecular complexity index is 641. The SMILES string of the molecule is COc1ccc(C)cc1C(O)c1ccc(F)c(F)c1F. The van der Waals surface area contributed by atoms with Gasteiger partial charge in [-0.15, -0.1) is 0 Å². The van der Waals surface area contributed by atoms with Crippen molar-refractivity contribution >= 4 is 0 Å². The number of hydrogen-bond acceptors (Lipinski definition) is 2. The maximum atomic E-state index is 13.7. The normalized spacial score (nSPS) is 12.3. The summed E-state index contributed by atoms with van der Waals surface area (Å²) in [7, 11) is 1.41. The molecule has 1 unspecified atom stereocenters. The van der Waals surface area contributed by atoms with E-state index in [2.05, 4.69) is 0 Å². The second-order valence-corrected chi connectivity index (χ2v) is 4.41. The first-order valence-electron chi connectivity index (χ1n) is 5.91. The molecule has 0 heterocycles. The van der Waals surface area contributed by atoms with Crippen molar-refractivity contribution in [2.45, 2.75) is 13.0 Å². The van der Waals surface area contributed by atoms with Crippen LogP contribution in [0.2, 0.25) is 0 Å². The van der Waals surface area contributed by atoms with Gasteiger partial charge in [0, 0.05) is 11.1 Å². The van der Waals surface area contributed by atoms with Crippen LogP contribution in [0, 0.1) is 24.4 Å². The second kappa shape index (κ2) is 5.54. The molecule has 1 atom stereocenters. The molecule has 0 aromatic heterocycles. The summed E-state index contributed by atoms with van der Waals surface area (Å²) in [5.41, 5.74) is 0.771. The molecule has 106 valence electrons. The number of halogens is 3. The van der Waals surface area contributed by atoms with Crippen LogP contribution in [0.15, 0.2) is 30.3 Å². The van der Waals surface area contributed by atoms with Crippen LogP contribution in [0.4, 0.5) is 13.2 Å². The van der Waals surface area contributed by atoms with Crippen molar-refractivity contribution in [2.24, 2.45) is 0 Å². The number of aliphatic hydroxyl groups excluding tert-OH is 1. The van der Waals surface area contributed by atoms with E-state index in [1.165, 1.54) is 7.11 Å². The van der Waals surface area contributed by atoms with E-state index in [4.69, 9.17) is 4.74 Å². The second-order valence-electron chi connectivity index (χ2n) is 4.41. The fraction of sp³-hybridized carbons (Fsp3) is 0.200. The third-order valence-corrected chi connectivity index (χ3v) is 3.04. The molecular formula is C15H13F3O2. The summed E-state index contributed by atoms with van der Waals surface area (Å²) in [6, 6.07) is 6.77. The molecule has 20 heavy (non-hydrogen) atoms. The minimum Gasteiger partial charge on any atom is -0.496 e. The van der Waals surface area contributed by atoms with Crippen LogP contribution in [0.1, 0.15) is 22.8 Å². The van der Waals surface area contributed by atoms with Gasteiger partial charge in [0.2, 0.25) is 0 Å². The van der Waals surface area contributed by atoms with Crippen molar-refractivity contribution in [2.75, 3.05) is 7.11 Å². The largest absolute Gasteiger partial charge is 0.496 e. The molecule has 2 nitrogen and oxygen atoms in total. The van der Waals surface area contributed by atoms with Gasteiger partial charge in [0.25, 0.3) is 0 Å². The fourth-order valence-electron chi connectivity index (χ4n) is 1.99. The third kappa shape index (κ3) is 2.49. The van der Waals surface area contributed by atoms with Gasteiger partial charge in [-0.1, -0.05) is 17.7 Å². The zero-order chi connectivity index (χ0) is 14.9. The first-order valence-corrected chi connectivity index (χ1v) is 5.91. The highest BCUT2D eigenvalue weighted by Crippen LogP contribution is 2.33. The zero-order valence-electron chi connectivity index (χ0n) is 11.0. The quantitative estimate of drug-likeness (QED) is 0.873. The number of hydrogen-bond donors (Lipinski definition) is 1. The number of aliphatic hydroxyl groups is 1. The molecule has 0 aliphatic heterocycles. The zero-order valence-corrected chi connectivity index (χ0v) is 11.0. The van der Waals surface area contributed by atoms with Crippen LogP contribution < -0.4 is 4.74 Å². The lowest BCUT2D eigenvalue weighted by Gasteiger charge is -2.16. The van der Waals surface area contributed by atoms with Crippen LogP contribution in [-0.2, 0) is 0 Å². The maximum absolute atomic E-state index is 13.7. The van der Waals surface area contributed by atoms with E-state index >= 15 is 0 Å². The first kappa shape index (κ1) is 14.4. The lowest BCUT2D eigenvalue weighted by atomic mass is 9.98. The summed E-state index contributed by atoms with van der Waals surface area (Å²) in [5.74, 6) is -3.96. The summed E-state index contributed by atoms with van der Waals surface area (Å²) in [4.78, 5) is 0. The Kier molecular flexibility index (Phi) is 3.99. The van der Waals surface area contributed by atoms with Gasteiger partial charge in [0.15, 0.2) is 17.5 Å². The van der Waals surface area contributed by atoms with Crippen LogP contribution in [-0.4, -0.2) is 12.2 Å². The van der Waals surface area contributed by atoms with E-state index in [1.807, 2.05) is 0 Å². The molecule has 0 saturated heterocycles. The Morgan fingerprint density at radius 2 is 1.70 bits per heavy atom. The molecule has 0 aliphatic rings. The molecule has 2 aromatic rings. The predicted molar refractivity (Wildman–Crippen MR) is 68.1 cm³/mol. The first-order chi connectivity index (χ1) is 9.45. The van der Waals surface area contributed by atoms with Gasteiger partial charge in [-0.2, -0.15) is 0 Å². The van der Waals surface area contributed by atoms with Crippen LogP contribution in [0.3, 0.4) is 0 Å². The molecule has 2 aromatic carbocycles. The van der Waals surface area contributed by atoms with Gasteiger partial charge in [0.1, 0.15) is 11.9 Å². The number of aryl methyl sites for hydroxylation is 1. The van der Waals surface area contributed by atoms with E-state index in [1.54, 1.807) is 25.1 Å². The van der Waals surface area contributed by atoms with Crippen LogP contribution >= 0.6 is 0 Å². The van der Waals surface area contributed by atoms with Gasteiger partial charge in [-0.05, 0) is 25.1 Å². The van der Waals surface area contributed by atoms with E-state index in [9.17, 15) is 18.3 Å². The van der Waals surface area contributed by atoms with E-state index in [0.29, 0.717) is 5.75 Å². The highest BCUT2D eigenvalue weighted by molar-refractivity contribution is 5.43. The van der Waals surface area contributed by atoms with Crippen molar-refractivity contribution in [1.82, 2.24) is 0 Å². The summed E-state index contributed by atoms with van der Waals surface area (Å²) < 4.78 is 45.0. The fourth-order valence-corrected chi connectivity index (χ4v) is 1.99. The Morgan fingerprint density at radius 1 is 1.00 bits per heavy atom. The standard InChI is InChI=1S/C15H13F3O2/c1-8-3-6-12(20-2)10(7-8)15(19)9-4-5-11(16)14(18)13(9)17/h3-7,15,19H,1-2H3. The molecule has 0 amide bonds. The minimum absolute atomic E-state index is 0.289. The van der Waals surface area contributed by atoms with Gasteiger partial charge in [-0.25, -0.2) is 13.2 Å². The number of rotatable bonds is 3. The summed E-state index contributed by atoms with van der Waals surface area (Å²) >= 11 is 0. The molecule has 5 heteroatoms. The molecule has 1 N–H and O–H groups in total. The van der Waals surface area contributed by atoms with Crippen molar-refractivity contribution in [3.05, 3.63) is 64.5 Å². The Morgan fingerprint density at radius 3 is 2.35 bits per heavy atom. The van der Waals surface area contributed by atoms with E-state index in [-0.39, 0.29) is 11.1 Å². The van der Waals surface area contributed by atoms with E-state index in [0.717, 1.165) is 17.7 Å². The Labute approximate surface area is 114 Å². The van der Waals surface area contributed by atoms with Crippen LogP contribution in [0.5, 0.6) is 5.75 Å². The minimum atomic E-state index is -1.60. The molecule has 0 aliphatic carbocycles. The lowest BCUT2D eigenvalue weighted by molar-refractivity contribution is 0.207. The molecule has 2 rings (SSSR count). The van der Waals surface area contributed by atoms with Crippen molar-refractivity contribution < 1.29 is 23.0 Å². The lowest BCUT2D eigenvalue weighted by Crippen LogP contribution is -2.07. The highest BCUT2D eigenvalue weighted by atomic mass is 19.2. The Balaban J connectivity index is 2.54. The summed E-state index contributed by atoms with van der Waals surface area (Å²) in [6.45, 7) is 1.79. The van der Waals surface area contributed by atoms with Gasteiger partial charge < -0.3 is 9.84 Å². The number of benzene rings is 2. The average molecular weight is 282 g/mol. The Hall–Kier alpha value is -2.01. The molecule has 0 radical (unpaired) electrons. The van der Waals surface area contributed by atoms with E-state index < -0.39 is 23.6 Å². The molecule has 0 spiro atoms. The smallest absolute Gasteiger partial charge is 0.194 e. The average Bonchev–Trinajstić information content (AvgIpc) is 2.44. The predicted octanol–water partition coefficient (Wildman–Crippen LogP) is 3.50. The van der Waals surface area contributed by atoms with Crippen molar-refractivity contribution in [1.29, 1.82) is 0 Å². The molecule has 0 bridgehead atoms. The summed E-state index contributed by atoms with van der Waals surface area (Å²) in [5, 5.41) is 10.2. The maximum Gasteiger partial charge on any atom is 0.194 e. The third-order valence-electron chi connectivity index (χ3n) is 3.04. The monoisotopic (exact) mass is 282 g/mol. The van der Waals surface area contributed by atoms with Gasteiger partial charge >= 0.3 is 0 Å². The topological polar surface area (TPSA) is 29.5 Å². The van der Waals surface area contributed by atoms with Crippen molar-refractivity contribution in [3.8, 4) is 5.75 Å². The summed E-state index contributed by atoms with van der Waals surface area (Å²) in [6.07, 6.45) is -1.44. The van der Waals surface area contributed by atoms with Crippen molar-refractivity contribution in [3.63, 3.8) is 0 Å². The number of methoxy groups -OCH3 is 1. The molecular weight excluding hydrogens is 269 g/mol.